The largest absolute Gasteiger partial charge is 0.392 e. The van der Waals surface area contributed by atoms with Crippen LogP contribution < -0.4 is 0 Å². The van der Waals surface area contributed by atoms with Crippen molar-refractivity contribution in [2.75, 3.05) is 6.61 Å². The van der Waals surface area contributed by atoms with Crippen molar-refractivity contribution in [3.05, 3.63) is 11.1 Å². The van der Waals surface area contributed by atoms with E-state index in [1.54, 1.807) is 5.57 Å². The highest BCUT2D eigenvalue weighted by Gasteiger charge is 2.65. The molecule has 2 bridgehead atoms. The quantitative estimate of drug-likeness (QED) is 0.682. The number of aliphatic hydroxyl groups excluding tert-OH is 1. The number of allylic oxidation sites excluding steroid dienone is 1. The number of hydrogen-bond donors (Lipinski definition) is 1. The normalized spacial score (nSPS) is 41.8. The van der Waals surface area contributed by atoms with E-state index in [0.29, 0.717) is 22.9 Å². The van der Waals surface area contributed by atoms with Gasteiger partial charge in [-0.1, -0.05) is 33.3 Å². The second-order valence-corrected chi connectivity index (χ2v) is 7.76. The highest BCUT2D eigenvalue weighted by atomic mass is 16.3. The van der Waals surface area contributed by atoms with Crippen molar-refractivity contribution >= 4 is 0 Å². The van der Waals surface area contributed by atoms with Gasteiger partial charge < -0.3 is 5.11 Å². The Hall–Kier alpha value is -0.300. The van der Waals surface area contributed by atoms with E-state index in [0.717, 1.165) is 12.3 Å². The van der Waals surface area contributed by atoms with Gasteiger partial charge in [0.1, 0.15) is 0 Å². The van der Waals surface area contributed by atoms with E-state index in [-0.39, 0.29) is 0 Å². The molecule has 0 amide bonds. The predicted molar refractivity (Wildman–Crippen MR) is 70.7 cm³/mol. The van der Waals surface area contributed by atoms with Crippen molar-refractivity contribution in [3.63, 3.8) is 0 Å². The first kappa shape index (κ1) is 11.8. The lowest BCUT2D eigenvalue weighted by Crippen LogP contribution is -2.43. The van der Waals surface area contributed by atoms with Crippen molar-refractivity contribution in [2.45, 2.75) is 59.8 Å². The summed E-state index contributed by atoms with van der Waals surface area (Å²) in [7, 11) is 0. The van der Waals surface area contributed by atoms with Crippen LogP contribution >= 0.6 is 0 Å². The summed E-state index contributed by atoms with van der Waals surface area (Å²) in [5, 5.41) is 9.71. The number of hydrogen-bond acceptors (Lipinski definition) is 1. The van der Waals surface area contributed by atoms with Gasteiger partial charge in [-0.25, -0.2) is 0 Å². The van der Waals surface area contributed by atoms with Crippen LogP contribution in [0.4, 0.5) is 0 Å². The first-order valence-electron chi connectivity index (χ1n) is 7.19. The van der Waals surface area contributed by atoms with Gasteiger partial charge in [0.25, 0.3) is 0 Å². The van der Waals surface area contributed by atoms with Gasteiger partial charge >= 0.3 is 0 Å². The molecule has 1 N–H and O–H groups in total. The minimum absolute atomic E-state index is 0.295. The van der Waals surface area contributed by atoms with Crippen LogP contribution in [0.25, 0.3) is 0 Å². The first-order chi connectivity index (χ1) is 7.85. The minimum Gasteiger partial charge on any atom is -0.392 e. The molecular weight excluding hydrogens is 208 g/mol. The third-order valence-corrected chi connectivity index (χ3v) is 6.55. The van der Waals surface area contributed by atoms with Gasteiger partial charge in [-0.3, -0.25) is 0 Å². The third-order valence-electron chi connectivity index (χ3n) is 6.55. The molecule has 2 atom stereocenters. The molecule has 0 aromatic rings. The number of fused-ring (bicyclic) bond motifs is 1. The maximum Gasteiger partial charge on any atom is 0.0644 e. The summed E-state index contributed by atoms with van der Waals surface area (Å²) < 4.78 is 0. The van der Waals surface area contributed by atoms with Crippen LogP contribution in [0, 0.1) is 22.2 Å². The molecule has 0 aliphatic heterocycles. The molecule has 3 rings (SSSR count). The molecule has 3 aliphatic carbocycles. The van der Waals surface area contributed by atoms with Crippen molar-refractivity contribution < 1.29 is 5.11 Å². The Morgan fingerprint density at radius 1 is 1.18 bits per heavy atom. The summed E-state index contributed by atoms with van der Waals surface area (Å²) in [4.78, 5) is 0. The molecule has 0 radical (unpaired) electrons. The van der Waals surface area contributed by atoms with Crippen LogP contribution in [-0.2, 0) is 0 Å². The Bertz CT molecular complexity index is 388. The minimum atomic E-state index is 0.295. The lowest BCUT2D eigenvalue weighted by Gasteiger charge is -2.52. The molecule has 1 unspecified atom stereocenters. The monoisotopic (exact) mass is 234 g/mol. The lowest BCUT2D eigenvalue weighted by atomic mass is 9.52. The molecule has 1 heteroatoms. The first-order valence-corrected chi connectivity index (χ1v) is 7.19. The molecule has 1 spiro atoms. The van der Waals surface area contributed by atoms with E-state index < -0.39 is 0 Å². The van der Waals surface area contributed by atoms with E-state index in [1.165, 1.54) is 31.3 Å². The molecule has 96 valence electrons. The van der Waals surface area contributed by atoms with Gasteiger partial charge in [-0.05, 0) is 59.8 Å². The second kappa shape index (κ2) is 3.17. The van der Waals surface area contributed by atoms with Gasteiger partial charge in [0, 0.05) is 0 Å². The molecule has 0 heterocycles. The Morgan fingerprint density at radius 2 is 1.88 bits per heavy atom. The van der Waals surface area contributed by atoms with Crippen LogP contribution in [0.15, 0.2) is 11.1 Å². The van der Waals surface area contributed by atoms with Crippen LogP contribution in [0.5, 0.6) is 0 Å². The number of rotatable bonds is 1. The van der Waals surface area contributed by atoms with Crippen LogP contribution in [0.1, 0.15) is 59.8 Å². The zero-order valence-corrected chi connectivity index (χ0v) is 11.8. The molecule has 0 aromatic heterocycles. The maximum atomic E-state index is 9.71. The summed E-state index contributed by atoms with van der Waals surface area (Å²) in [5.74, 6) is 0.858. The van der Waals surface area contributed by atoms with Gasteiger partial charge in [0.05, 0.1) is 6.61 Å². The van der Waals surface area contributed by atoms with Crippen molar-refractivity contribution in [1.29, 1.82) is 0 Å². The average molecular weight is 234 g/mol. The van der Waals surface area contributed by atoms with E-state index in [2.05, 4.69) is 27.7 Å². The van der Waals surface area contributed by atoms with Crippen molar-refractivity contribution in [3.8, 4) is 0 Å². The zero-order valence-electron chi connectivity index (χ0n) is 11.8. The summed E-state index contributed by atoms with van der Waals surface area (Å²) in [6.07, 6.45) is 6.53. The Balaban J connectivity index is 2.22. The lowest BCUT2D eigenvalue weighted by molar-refractivity contribution is 0.0815. The summed E-state index contributed by atoms with van der Waals surface area (Å²) >= 11 is 0. The summed E-state index contributed by atoms with van der Waals surface area (Å²) in [6, 6.07) is 0. The van der Waals surface area contributed by atoms with Crippen LogP contribution in [0.2, 0.25) is 0 Å². The van der Waals surface area contributed by atoms with E-state index in [9.17, 15) is 5.11 Å². The fourth-order valence-electron chi connectivity index (χ4n) is 5.44. The SMILES string of the molecule is CC1(C)C2=C(CO)CCC(C)(C)C23CC[C@H]1C3. The van der Waals surface area contributed by atoms with Crippen molar-refractivity contribution in [2.24, 2.45) is 22.2 Å². The summed E-state index contributed by atoms with van der Waals surface area (Å²) in [5.41, 5.74) is 4.26. The number of aliphatic hydroxyl groups is 1. The van der Waals surface area contributed by atoms with E-state index in [4.69, 9.17) is 0 Å². The maximum absolute atomic E-state index is 9.71. The highest BCUT2D eigenvalue weighted by Crippen LogP contribution is 2.74. The predicted octanol–water partition coefficient (Wildman–Crippen LogP) is 3.92. The van der Waals surface area contributed by atoms with Gasteiger partial charge in [-0.2, -0.15) is 0 Å². The molecule has 1 nitrogen and oxygen atoms in total. The third kappa shape index (κ3) is 1.19. The molecule has 3 aliphatic rings. The molecule has 0 aromatic carbocycles. The Kier molecular flexibility index (Phi) is 2.20. The van der Waals surface area contributed by atoms with E-state index in [1.807, 2.05) is 0 Å². The highest BCUT2D eigenvalue weighted by molar-refractivity contribution is 5.41. The van der Waals surface area contributed by atoms with Crippen LogP contribution in [0.3, 0.4) is 0 Å². The van der Waals surface area contributed by atoms with Crippen molar-refractivity contribution in [1.82, 2.24) is 0 Å². The topological polar surface area (TPSA) is 20.2 Å². The van der Waals surface area contributed by atoms with Crippen LogP contribution in [-0.4, -0.2) is 11.7 Å². The fraction of sp³-hybridized carbons (Fsp3) is 0.875. The zero-order chi connectivity index (χ0) is 12.5. The van der Waals surface area contributed by atoms with Gasteiger partial charge in [0.15, 0.2) is 0 Å². The second-order valence-electron chi connectivity index (χ2n) is 7.76. The Morgan fingerprint density at radius 3 is 2.53 bits per heavy atom. The molecule has 0 saturated heterocycles. The smallest absolute Gasteiger partial charge is 0.0644 e. The fourth-order valence-corrected chi connectivity index (χ4v) is 5.44. The average Bonchev–Trinajstić information content (AvgIpc) is 2.76. The molecular formula is C16H26O. The van der Waals surface area contributed by atoms with Gasteiger partial charge in [0.2, 0.25) is 0 Å². The molecule has 17 heavy (non-hydrogen) atoms. The standard InChI is InChI=1S/C16H26O/c1-14(2)7-5-11(10-17)13-15(3,4)12-6-8-16(13,14)9-12/h12,17H,5-10H2,1-4H3/t12-,16?/m0/s1. The van der Waals surface area contributed by atoms with E-state index >= 15 is 0 Å². The molecule has 2 saturated carbocycles. The van der Waals surface area contributed by atoms with Gasteiger partial charge in [-0.15, -0.1) is 0 Å². The molecule has 2 fully saturated rings. The summed E-state index contributed by atoms with van der Waals surface area (Å²) in [6.45, 7) is 10.1. The Labute approximate surface area is 105 Å².